The summed E-state index contributed by atoms with van der Waals surface area (Å²) in [6, 6.07) is 4.89. The summed E-state index contributed by atoms with van der Waals surface area (Å²) in [6.45, 7) is 2.65. The number of aryl methyl sites for hydroxylation is 1. The van der Waals surface area contributed by atoms with Crippen molar-refractivity contribution in [3.8, 4) is 0 Å². The smallest absolute Gasteiger partial charge is 0.123 e. The Bertz CT molecular complexity index is 367. The van der Waals surface area contributed by atoms with Crippen molar-refractivity contribution in [2.24, 2.45) is 5.73 Å². The van der Waals surface area contributed by atoms with Crippen LogP contribution in [0.25, 0.3) is 0 Å². The molecule has 0 radical (unpaired) electrons. The molecule has 2 rings (SSSR count). The summed E-state index contributed by atoms with van der Waals surface area (Å²) < 4.78 is 19.0. The van der Waals surface area contributed by atoms with Crippen molar-refractivity contribution in [2.75, 3.05) is 6.54 Å². The fourth-order valence-electron chi connectivity index (χ4n) is 2.29. The molecule has 3 heteroatoms. The van der Waals surface area contributed by atoms with Crippen LogP contribution in [0.2, 0.25) is 0 Å². The normalized spacial score (nSPS) is 24.9. The van der Waals surface area contributed by atoms with Crippen molar-refractivity contribution >= 4 is 0 Å². The van der Waals surface area contributed by atoms with Crippen molar-refractivity contribution in [3.05, 3.63) is 35.1 Å². The fourth-order valence-corrected chi connectivity index (χ4v) is 2.29. The number of benzene rings is 1. The number of rotatable bonds is 3. The second-order valence-electron chi connectivity index (χ2n) is 4.40. The average molecular weight is 223 g/mol. The third-order valence-corrected chi connectivity index (χ3v) is 3.18. The van der Waals surface area contributed by atoms with Gasteiger partial charge in [-0.3, -0.25) is 0 Å². The lowest BCUT2D eigenvalue weighted by atomic mass is 10.0. The van der Waals surface area contributed by atoms with Crippen LogP contribution in [0.15, 0.2) is 18.2 Å². The van der Waals surface area contributed by atoms with Gasteiger partial charge in [0.2, 0.25) is 0 Å². The van der Waals surface area contributed by atoms with Crippen molar-refractivity contribution in [1.82, 2.24) is 0 Å². The van der Waals surface area contributed by atoms with Crippen LogP contribution in [0.3, 0.4) is 0 Å². The van der Waals surface area contributed by atoms with Crippen LogP contribution >= 0.6 is 0 Å². The van der Waals surface area contributed by atoms with Crippen molar-refractivity contribution in [1.29, 1.82) is 0 Å². The van der Waals surface area contributed by atoms with Crippen molar-refractivity contribution in [2.45, 2.75) is 38.4 Å². The van der Waals surface area contributed by atoms with Crippen molar-refractivity contribution in [3.63, 3.8) is 0 Å². The van der Waals surface area contributed by atoms with Crippen LogP contribution in [-0.2, 0) is 4.74 Å². The molecule has 2 nitrogen and oxygen atoms in total. The third kappa shape index (κ3) is 2.42. The monoisotopic (exact) mass is 223 g/mol. The third-order valence-electron chi connectivity index (χ3n) is 3.18. The topological polar surface area (TPSA) is 35.2 Å². The molecule has 0 amide bonds. The first kappa shape index (κ1) is 11.6. The molecule has 16 heavy (non-hydrogen) atoms. The highest BCUT2D eigenvalue weighted by Crippen LogP contribution is 2.35. The van der Waals surface area contributed by atoms with E-state index in [-0.39, 0.29) is 18.0 Å². The zero-order valence-corrected chi connectivity index (χ0v) is 9.58. The van der Waals surface area contributed by atoms with Crippen LogP contribution in [0.4, 0.5) is 4.39 Å². The molecule has 1 heterocycles. The predicted octanol–water partition coefficient (Wildman–Crippen LogP) is 2.70. The zero-order chi connectivity index (χ0) is 11.5. The molecule has 0 bridgehead atoms. The molecule has 1 aromatic rings. The van der Waals surface area contributed by atoms with Crippen LogP contribution in [0.5, 0.6) is 0 Å². The lowest BCUT2D eigenvalue weighted by molar-refractivity contribution is 0.0410. The zero-order valence-electron chi connectivity index (χ0n) is 9.58. The Morgan fingerprint density at radius 2 is 2.25 bits per heavy atom. The first-order valence-corrected chi connectivity index (χ1v) is 5.82. The first-order chi connectivity index (χ1) is 7.70. The molecular formula is C13H18FNO. The molecule has 0 aromatic heterocycles. The van der Waals surface area contributed by atoms with Gasteiger partial charge in [-0.05, 0) is 56.0 Å². The number of hydrogen-bond acceptors (Lipinski definition) is 2. The average Bonchev–Trinajstić information content (AvgIpc) is 2.71. The van der Waals surface area contributed by atoms with Crippen LogP contribution < -0.4 is 5.73 Å². The van der Waals surface area contributed by atoms with E-state index in [1.807, 2.05) is 13.0 Å². The standard InChI is InChI=1S/C13H18FNO/c1-9-2-3-10(14)8-12(9)13-5-4-11(16-13)6-7-15/h2-3,8,11,13H,4-7,15H2,1H3/t11-,13?/m1/s1. The van der Waals surface area contributed by atoms with E-state index < -0.39 is 0 Å². The van der Waals surface area contributed by atoms with Crippen molar-refractivity contribution < 1.29 is 9.13 Å². The van der Waals surface area contributed by atoms with Gasteiger partial charge in [0.15, 0.2) is 0 Å². The van der Waals surface area contributed by atoms with Crippen LogP contribution in [0, 0.1) is 12.7 Å². The summed E-state index contributed by atoms with van der Waals surface area (Å²) in [5.74, 6) is -0.188. The molecule has 1 aliphatic rings. The minimum atomic E-state index is -0.188. The molecule has 2 atom stereocenters. The summed E-state index contributed by atoms with van der Waals surface area (Å²) in [6.07, 6.45) is 3.18. The molecule has 1 fully saturated rings. The lowest BCUT2D eigenvalue weighted by Crippen LogP contribution is -2.13. The minimum Gasteiger partial charge on any atom is -0.370 e. The quantitative estimate of drug-likeness (QED) is 0.855. The van der Waals surface area contributed by atoms with E-state index in [1.165, 1.54) is 6.07 Å². The van der Waals surface area contributed by atoms with Gasteiger partial charge >= 0.3 is 0 Å². The molecular weight excluding hydrogens is 205 g/mol. The van der Waals surface area contributed by atoms with Gasteiger partial charge in [0.25, 0.3) is 0 Å². The summed E-state index contributed by atoms with van der Waals surface area (Å²) in [4.78, 5) is 0. The predicted molar refractivity (Wildman–Crippen MR) is 61.7 cm³/mol. The molecule has 88 valence electrons. The highest BCUT2D eigenvalue weighted by molar-refractivity contribution is 5.29. The van der Waals surface area contributed by atoms with Gasteiger partial charge in [-0.25, -0.2) is 4.39 Å². The number of halogens is 1. The number of ether oxygens (including phenoxy) is 1. The van der Waals surface area contributed by atoms with E-state index in [9.17, 15) is 4.39 Å². The Labute approximate surface area is 95.6 Å². The number of nitrogens with two attached hydrogens (primary N) is 1. The van der Waals surface area contributed by atoms with Gasteiger partial charge in [0.1, 0.15) is 5.82 Å². The fraction of sp³-hybridized carbons (Fsp3) is 0.538. The Hall–Kier alpha value is -0.930. The van der Waals surface area contributed by atoms with Gasteiger partial charge in [-0.15, -0.1) is 0 Å². The first-order valence-electron chi connectivity index (χ1n) is 5.82. The molecule has 1 aliphatic heterocycles. The van der Waals surface area contributed by atoms with Gasteiger partial charge in [-0.1, -0.05) is 6.07 Å². The Morgan fingerprint density at radius 3 is 3.00 bits per heavy atom. The largest absolute Gasteiger partial charge is 0.370 e. The van der Waals surface area contributed by atoms with E-state index in [4.69, 9.17) is 10.5 Å². The summed E-state index contributed by atoms with van der Waals surface area (Å²) in [5, 5.41) is 0. The second kappa shape index (κ2) is 4.93. The summed E-state index contributed by atoms with van der Waals surface area (Å²) in [5.41, 5.74) is 7.59. The van der Waals surface area contributed by atoms with Gasteiger partial charge < -0.3 is 10.5 Å². The number of hydrogen-bond donors (Lipinski definition) is 1. The van der Waals surface area contributed by atoms with Gasteiger partial charge in [-0.2, -0.15) is 0 Å². The minimum absolute atomic E-state index is 0.0484. The SMILES string of the molecule is Cc1ccc(F)cc1C1CC[C@H](CCN)O1. The molecule has 0 spiro atoms. The summed E-state index contributed by atoms with van der Waals surface area (Å²) >= 11 is 0. The second-order valence-corrected chi connectivity index (χ2v) is 4.40. The molecule has 1 saturated heterocycles. The van der Waals surface area contributed by atoms with Gasteiger partial charge in [0.05, 0.1) is 12.2 Å². The maximum Gasteiger partial charge on any atom is 0.123 e. The Balaban J connectivity index is 2.11. The van der Waals surface area contributed by atoms with E-state index in [0.29, 0.717) is 6.54 Å². The van der Waals surface area contributed by atoms with E-state index >= 15 is 0 Å². The highest BCUT2D eigenvalue weighted by Gasteiger charge is 2.26. The maximum absolute atomic E-state index is 13.2. The Kier molecular flexibility index (Phi) is 3.56. The van der Waals surface area contributed by atoms with Crippen LogP contribution in [0.1, 0.15) is 36.5 Å². The van der Waals surface area contributed by atoms with E-state index in [0.717, 1.165) is 30.4 Å². The maximum atomic E-state index is 13.2. The summed E-state index contributed by atoms with van der Waals surface area (Å²) in [7, 11) is 0. The molecule has 2 N–H and O–H groups in total. The van der Waals surface area contributed by atoms with E-state index in [2.05, 4.69) is 0 Å². The Morgan fingerprint density at radius 1 is 1.44 bits per heavy atom. The molecule has 1 unspecified atom stereocenters. The van der Waals surface area contributed by atoms with E-state index in [1.54, 1.807) is 6.07 Å². The lowest BCUT2D eigenvalue weighted by Gasteiger charge is -2.15. The molecule has 1 aromatic carbocycles. The molecule has 0 saturated carbocycles. The highest BCUT2D eigenvalue weighted by atomic mass is 19.1. The van der Waals surface area contributed by atoms with Crippen LogP contribution in [-0.4, -0.2) is 12.6 Å². The van der Waals surface area contributed by atoms with Gasteiger partial charge in [0, 0.05) is 0 Å². The molecule has 0 aliphatic carbocycles.